The first-order chi connectivity index (χ1) is 12.5. The minimum atomic E-state index is -0.616. The molecule has 6 nitrogen and oxygen atoms in total. The van der Waals surface area contributed by atoms with Crippen molar-refractivity contribution in [2.24, 2.45) is 4.99 Å². The quantitative estimate of drug-likeness (QED) is 0.625. The molecular formula is C18H15ClN2O4S. The molecule has 0 radical (unpaired) electrons. The third-order valence-corrected chi connectivity index (χ3v) is 4.75. The van der Waals surface area contributed by atoms with Gasteiger partial charge in [0.1, 0.15) is 11.3 Å². The summed E-state index contributed by atoms with van der Waals surface area (Å²) in [5.41, 5.74) is 1.21. The van der Waals surface area contributed by atoms with Gasteiger partial charge in [0, 0.05) is 16.6 Å². The number of furan rings is 1. The minimum absolute atomic E-state index is 0.294. The van der Waals surface area contributed by atoms with Gasteiger partial charge >= 0.3 is 5.97 Å². The van der Waals surface area contributed by atoms with E-state index in [1.54, 1.807) is 6.92 Å². The van der Waals surface area contributed by atoms with Crippen molar-refractivity contribution in [1.29, 1.82) is 0 Å². The van der Waals surface area contributed by atoms with Gasteiger partial charge in [0.2, 0.25) is 0 Å². The number of rotatable bonds is 5. The molecule has 3 rings (SSSR count). The lowest BCUT2D eigenvalue weighted by molar-refractivity contribution is -0.121. The van der Waals surface area contributed by atoms with Crippen LogP contribution in [-0.4, -0.2) is 23.1 Å². The summed E-state index contributed by atoms with van der Waals surface area (Å²) in [6.07, 6.45) is 3.21. The van der Waals surface area contributed by atoms with Crippen molar-refractivity contribution in [1.82, 2.24) is 4.57 Å². The summed E-state index contributed by atoms with van der Waals surface area (Å²) in [5.74, 6) is -0.722. The number of hydrogen-bond donors (Lipinski definition) is 0. The van der Waals surface area contributed by atoms with E-state index in [1.165, 1.54) is 23.7 Å². The fourth-order valence-electron chi connectivity index (χ4n) is 2.26. The number of nitrogens with zero attached hydrogens (tertiary/aromatic N) is 2. The molecule has 0 bridgehead atoms. The predicted octanol–water partition coefficient (Wildman–Crippen LogP) is 3.44. The molecule has 0 atom stereocenters. The molecule has 0 saturated carbocycles. The van der Waals surface area contributed by atoms with Gasteiger partial charge in [0.25, 0.3) is 5.91 Å². The molecule has 0 aliphatic heterocycles. The molecule has 8 heteroatoms. The number of carbonyl (C=O) groups excluding carboxylic acids is 2. The number of benzene rings is 1. The Morgan fingerprint density at radius 1 is 1.31 bits per heavy atom. The molecule has 2 aromatic heterocycles. The van der Waals surface area contributed by atoms with E-state index in [1.807, 2.05) is 40.4 Å². The van der Waals surface area contributed by atoms with Crippen molar-refractivity contribution in [3.05, 3.63) is 74.9 Å². The Balaban J connectivity index is 1.68. The fraction of sp³-hybridized carbons (Fsp3) is 0.167. The molecule has 134 valence electrons. The largest absolute Gasteiger partial charge is 0.469 e. The predicted molar refractivity (Wildman–Crippen MR) is 97.2 cm³/mol. The Kier molecular flexibility index (Phi) is 5.70. The molecule has 0 unspecified atom stereocenters. The van der Waals surface area contributed by atoms with E-state index in [-0.39, 0.29) is 0 Å². The highest BCUT2D eigenvalue weighted by Gasteiger charge is 2.14. The number of thiazole rings is 1. The van der Waals surface area contributed by atoms with Crippen LogP contribution in [0.5, 0.6) is 0 Å². The Bertz CT molecular complexity index is 1000. The lowest BCUT2D eigenvalue weighted by atomic mass is 10.2. The van der Waals surface area contributed by atoms with Gasteiger partial charge in [-0.15, -0.1) is 11.3 Å². The van der Waals surface area contributed by atoms with E-state index in [2.05, 4.69) is 4.99 Å². The normalized spacial score (nSPS) is 11.5. The molecule has 3 aromatic rings. The molecule has 0 saturated heterocycles. The SMILES string of the molecule is Cc1occc1C(=O)OCC(=O)N=c1sccn1Cc1ccccc1Cl. The van der Waals surface area contributed by atoms with Crippen LogP contribution in [0.25, 0.3) is 0 Å². The van der Waals surface area contributed by atoms with E-state index in [4.69, 9.17) is 20.8 Å². The van der Waals surface area contributed by atoms with Crippen LogP contribution in [0, 0.1) is 6.92 Å². The zero-order valence-corrected chi connectivity index (χ0v) is 15.4. The van der Waals surface area contributed by atoms with E-state index in [9.17, 15) is 9.59 Å². The molecule has 0 fully saturated rings. The minimum Gasteiger partial charge on any atom is -0.469 e. The third kappa shape index (κ3) is 4.30. The Morgan fingerprint density at radius 3 is 2.85 bits per heavy atom. The number of ether oxygens (including phenoxy) is 1. The van der Waals surface area contributed by atoms with Crippen molar-refractivity contribution in [2.45, 2.75) is 13.5 Å². The second-order valence-electron chi connectivity index (χ2n) is 5.38. The highest BCUT2D eigenvalue weighted by atomic mass is 35.5. The van der Waals surface area contributed by atoms with Crippen molar-refractivity contribution in [2.75, 3.05) is 6.61 Å². The van der Waals surface area contributed by atoms with Crippen molar-refractivity contribution >= 4 is 34.8 Å². The van der Waals surface area contributed by atoms with Crippen LogP contribution in [0.4, 0.5) is 0 Å². The summed E-state index contributed by atoms with van der Waals surface area (Å²) >= 11 is 7.49. The average molecular weight is 391 g/mol. The van der Waals surface area contributed by atoms with Gasteiger partial charge in [0.05, 0.1) is 12.8 Å². The monoisotopic (exact) mass is 390 g/mol. The van der Waals surface area contributed by atoms with Gasteiger partial charge in [-0.3, -0.25) is 4.79 Å². The lowest BCUT2D eigenvalue weighted by Gasteiger charge is -2.05. The number of carbonyl (C=O) groups is 2. The Morgan fingerprint density at radius 2 is 2.12 bits per heavy atom. The van der Waals surface area contributed by atoms with Crippen LogP contribution in [-0.2, 0) is 16.1 Å². The number of hydrogen-bond acceptors (Lipinski definition) is 5. The fourth-order valence-corrected chi connectivity index (χ4v) is 3.20. The lowest BCUT2D eigenvalue weighted by Crippen LogP contribution is -2.20. The third-order valence-electron chi connectivity index (χ3n) is 3.58. The molecular weight excluding hydrogens is 376 g/mol. The Labute approximate surface area is 158 Å². The number of aromatic nitrogens is 1. The summed E-state index contributed by atoms with van der Waals surface area (Å²) in [5, 5.41) is 2.47. The van der Waals surface area contributed by atoms with Crippen LogP contribution in [0.1, 0.15) is 21.7 Å². The smallest absolute Gasteiger partial charge is 0.342 e. The molecule has 1 amide bonds. The molecule has 2 heterocycles. The summed E-state index contributed by atoms with van der Waals surface area (Å²) in [7, 11) is 0. The number of halogens is 1. The molecule has 26 heavy (non-hydrogen) atoms. The zero-order chi connectivity index (χ0) is 18.5. The highest BCUT2D eigenvalue weighted by molar-refractivity contribution is 7.07. The van der Waals surface area contributed by atoms with Gasteiger partial charge in [-0.25, -0.2) is 4.79 Å². The van der Waals surface area contributed by atoms with Gasteiger partial charge in [-0.2, -0.15) is 4.99 Å². The summed E-state index contributed by atoms with van der Waals surface area (Å²) in [6, 6.07) is 8.97. The first-order valence-corrected chi connectivity index (χ1v) is 8.96. The number of amides is 1. The second-order valence-corrected chi connectivity index (χ2v) is 6.66. The van der Waals surface area contributed by atoms with E-state index < -0.39 is 18.5 Å². The maximum Gasteiger partial charge on any atom is 0.342 e. The first kappa shape index (κ1) is 18.2. The first-order valence-electron chi connectivity index (χ1n) is 7.70. The average Bonchev–Trinajstić information content (AvgIpc) is 3.24. The van der Waals surface area contributed by atoms with E-state index in [0.717, 1.165) is 5.56 Å². The van der Waals surface area contributed by atoms with E-state index >= 15 is 0 Å². The highest BCUT2D eigenvalue weighted by Crippen LogP contribution is 2.15. The molecule has 0 spiro atoms. The summed E-state index contributed by atoms with van der Waals surface area (Å²) in [6.45, 7) is 1.70. The summed E-state index contributed by atoms with van der Waals surface area (Å²) in [4.78, 5) is 28.5. The van der Waals surface area contributed by atoms with Crippen LogP contribution >= 0.6 is 22.9 Å². The van der Waals surface area contributed by atoms with Gasteiger partial charge < -0.3 is 13.7 Å². The zero-order valence-electron chi connectivity index (χ0n) is 13.8. The number of aryl methyl sites for hydroxylation is 1. The van der Waals surface area contributed by atoms with Crippen molar-refractivity contribution in [3.63, 3.8) is 0 Å². The topological polar surface area (TPSA) is 73.8 Å². The standard InChI is InChI=1S/C18H15ClN2O4S/c1-12-14(6-8-24-12)17(23)25-11-16(22)20-18-21(7-9-26-18)10-13-4-2-3-5-15(13)19/h2-9H,10-11H2,1H3. The van der Waals surface area contributed by atoms with Crippen LogP contribution in [0.2, 0.25) is 5.02 Å². The van der Waals surface area contributed by atoms with Crippen molar-refractivity contribution < 1.29 is 18.7 Å². The van der Waals surface area contributed by atoms with Crippen LogP contribution in [0.15, 0.2) is 57.6 Å². The second kappa shape index (κ2) is 8.16. The number of esters is 1. The van der Waals surface area contributed by atoms with Crippen LogP contribution in [0.3, 0.4) is 0 Å². The van der Waals surface area contributed by atoms with Gasteiger partial charge in [-0.1, -0.05) is 29.8 Å². The maximum atomic E-state index is 12.0. The maximum absolute atomic E-state index is 12.0. The molecule has 0 aliphatic rings. The molecule has 1 aromatic carbocycles. The van der Waals surface area contributed by atoms with Gasteiger partial charge in [0.15, 0.2) is 11.4 Å². The molecule has 0 N–H and O–H groups in total. The summed E-state index contributed by atoms with van der Waals surface area (Å²) < 4.78 is 11.8. The van der Waals surface area contributed by atoms with E-state index in [0.29, 0.717) is 27.7 Å². The van der Waals surface area contributed by atoms with Crippen molar-refractivity contribution in [3.8, 4) is 0 Å². The Hall–Kier alpha value is -2.64. The molecule has 0 aliphatic carbocycles. The van der Waals surface area contributed by atoms with Gasteiger partial charge in [-0.05, 0) is 24.6 Å². The van der Waals surface area contributed by atoms with Crippen LogP contribution < -0.4 is 4.80 Å².